The van der Waals surface area contributed by atoms with Gasteiger partial charge in [-0.15, -0.1) is 0 Å². The first kappa shape index (κ1) is 10.7. The van der Waals surface area contributed by atoms with Crippen LogP contribution in [0.3, 0.4) is 0 Å². The Bertz CT molecular complexity index is 322. The van der Waals surface area contributed by atoms with Gasteiger partial charge in [0, 0.05) is 6.04 Å². The lowest BCUT2D eigenvalue weighted by atomic mass is 9.98. The Morgan fingerprint density at radius 1 is 1.07 bits per heavy atom. The second-order valence-corrected chi connectivity index (χ2v) is 4.70. The van der Waals surface area contributed by atoms with E-state index in [4.69, 9.17) is 0 Å². The fraction of sp³-hybridized carbons (Fsp3) is 0.571. The Labute approximate surface area is 92.9 Å². The first-order valence-corrected chi connectivity index (χ1v) is 6.08. The summed E-state index contributed by atoms with van der Waals surface area (Å²) in [6, 6.07) is 7.47. The van der Waals surface area contributed by atoms with Gasteiger partial charge in [0.1, 0.15) is 0 Å². The molecular weight excluding hydrogens is 182 g/mol. The van der Waals surface area contributed by atoms with Gasteiger partial charge in [0.25, 0.3) is 0 Å². The standard InChI is InChI=1S/C14H21N/c1-11-7-8-13(10-12(11)2)14-6-4-3-5-9-15-14/h7-8,10,14-15H,3-6,9H2,1-2H3. The predicted octanol–water partition coefficient (Wildman–Crippen LogP) is 3.51. The Morgan fingerprint density at radius 2 is 1.93 bits per heavy atom. The second kappa shape index (κ2) is 4.80. The Hall–Kier alpha value is -0.820. The van der Waals surface area contributed by atoms with E-state index in [0.29, 0.717) is 6.04 Å². The average molecular weight is 203 g/mol. The molecule has 1 aromatic rings. The van der Waals surface area contributed by atoms with Gasteiger partial charge in [-0.2, -0.15) is 0 Å². The van der Waals surface area contributed by atoms with Crippen LogP contribution >= 0.6 is 0 Å². The Kier molecular flexibility index (Phi) is 3.42. The van der Waals surface area contributed by atoms with E-state index in [1.54, 1.807) is 0 Å². The number of rotatable bonds is 1. The lowest BCUT2D eigenvalue weighted by Crippen LogP contribution is -2.20. The summed E-state index contributed by atoms with van der Waals surface area (Å²) in [5.74, 6) is 0. The van der Waals surface area contributed by atoms with Crippen molar-refractivity contribution in [3.63, 3.8) is 0 Å². The molecular formula is C14H21N. The van der Waals surface area contributed by atoms with Crippen LogP contribution in [0.5, 0.6) is 0 Å². The van der Waals surface area contributed by atoms with Crippen molar-refractivity contribution in [1.29, 1.82) is 0 Å². The Balaban J connectivity index is 2.16. The third-order valence-electron chi connectivity index (χ3n) is 3.49. The minimum Gasteiger partial charge on any atom is -0.310 e. The van der Waals surface area contributed by atoms with Crippen molar-refractivity contribution in [3.8, 4) is 0 Å². The molecule has 1 aromatic carbocycles. The highest BCUT2D eigenvalue weighted by Crippen LogP contribution is 2.24. The third kappa shape index (κ3) is 2.60. The molecule has 1 nitrogen and oxygen atoms in total. The molecule has 15 heavy (non-hydrogen) atoms. The van der Waals surface area contributed by atoms with Gasteiger partial charge in [-0.25, -0.2) is 0 Å². The first-order chi connectivity index (χ1) is 7.27. The third-order valence-corrected chi connectivity index (χ3v) is 3.49. The fourth-order valence-electron chi connectivity index (χ4n) is 2.29. The molecule has 1 heteroatoms. The van der Waals surface area contributed by atoms with Crippen molar-refractivity contribution in [2.24, 2.45) is 0 Å². The van der Waals surface area contributed by atoms with E-state index in [-0.39, 0.29) is 0 Å². The topological polar surface area (TPSA) is 12.0 Å². The highest BCUT2D eigenvalue weighted by Gasteiger charge is 2.13. The fourth-order valence-corrected chi connectivity index (χ4v) is 2.29. The van der Waals surface area contributed by atoms with Gasteiger partial charge in [-0.3, -0.25) is 0 Å². The zero-order valence-corrected chi connectivity index (χ0v) is 9.84. The van der Waals surface area contributed by atoms with E-state index >= 15 is 0 Å². The molecule has 1 heterocycles. The molecule has 1 N–H and O–H groups in total. The predicted molar refractivity (Wildman–Crippen MR) is 65.1 cm³/mol. The van der Waals surface area contributed by atoms with Gasteiger partial charge in [0.15, 0.2) is 0 Å². The molecule has 0 spiro atoms. The number of nitrogens with one attached hydrogen (secondary N) is 1. The second-order valence-electron chi connectivity index (χ2n) is 4.70. The van der Waals surface area contributed by atoms with Crippen LogP contribution in [0, 0.1) is 13.8 Å². The summed E-state index contributed by atoms with van der Waals surface area (Å²) in [7, 11) is 0. The van der Waals surface area contributed by atoms with Crippen LogP contribution in [0.1, 0.15) is 48.4 Å². The van der Waals surface area contributed by atoms with Crippen molar-refractivity contribution in [3.05, 3.63) is 34.9 Å². The van der Waals surface area contributed by atoms with Crippen molar-refractivity contribution in [2.75, 3.05) is 6.54 Å². The minimum atomic E-state index is 0.590. The molecule has 0 radical (unpaired) electrons. The number of benzene rings is 1. The van der Waals surface area contributed by atoms with Gasteiger partial charge in [0.2, 0.25) is 0 Å². The first-order valence-electron chi connectivity index (χ1n) is 6.08. The van der Waals surface area contributed by atoms with Crippen molar-refractivity contribution >= 4 is 0 Å². The van der Waals surface area contributed by atoms with E-state index in [2.05, 4.69) is 37.4 Å². The van der Waals surface area contributed by atoms with Gasteiger partial charge < -0.3 is 5.32 Å². The minimum absolute atomic E-state index is 0.590. The van der Waals surface area contributed by atoms with Crippen LogP contribution in [0.2, 0.25) is 0 Å². The van der Waals surface area contributed by atoms with Crippen molar-refractivity contribution in [2.45, 2.75) is 45.6 Å². The quantitative estimate of drug-likeness (QED) is 0.736. The van der Waals surface area contributed by atoms with Crippen LogP contribution in [0.25, 0.3) is 0 Å². The summed E-state index contributed by atoms with van der Waals surface area (Å²) < 4.78 is 0. The van der Waals surface area contributed by atoms with Crippen LogP contribution in [0.4, 0.5) is 0 Å². The molecule has 0 aromatic heterocycles. The summed E-state index contributed by atoms with van der Waals surface area (Å²) in [5.41, 5.74) is 4.28. The maximum absolute atomic E-state index is 3.64. The van der Waals surface area contributed by atoms with E-state index in [0.717, 1.165) is 0 Å². The molecule has 0 amide bonds. The maximum Gasteiger partial charge on any atom is 0.0320 e. The molecule has 1 aliphatic heterocycles. The van der Waals surface area contributed by atoms with Crippen LogP contribution < -0.4 is 5.32 Å². The van der Waals surface area contributed by atoms with Crippen LogP contribution in [0.15, 0.2) is 18.2 Å². The molecule has 2 rings (SSSR count). The summed E-state index contributed by atoms with van der Waals surface area (Å²) in [6.45, 7) is 5.56. The molecule has 82 valence electrons. The van der Waals surface area contributed by atoms with E-state index in [1.165, 1.54) is 48.9 Å². The van der Waals surface area contributed by atoms with Crippen LogP contribution in [-0.2, 0) is 0 Å². The molecule has 1 aliphatic rings. The van der Waals surface area contributed by atoms with Gasteiger partial charge in [-0.05, 0) is 49.9 Å². The summed E-state index contributed by atoms with van der Waals surface area (Å²) in [4.78, 5) is 0. The van der Waals surface area contributed by atoms with Gasteiger partial charge in [0.05, 0.1) is 0 Å². The smallest absolute Gasteiger partial charge is 0.0320 e. The average Bonchev–Trinajstić information content (AvgIpc) is 2.50. The largest absolute Gasteiger partial charge is 0.310 e. The lowest BCUT2D eigenvalue weighted by molar-refractivity contribution is 0.534. The maximum atomic E-state index is 3.64. The van der Waals surface area contributed by atoms with Gasteiger partial charge in [-0.1, -0.05) is 31.0 Å². The zero-order chi connectivity index (χ0) is 10.7. The molecule has 1 unspecified atom stereocenters. The van der Waals surface area contributed by atoms with E-state index in [1.807, 2.05) is 0 Å². The summed E-state index contributed by atoms with van der Waals surface area (Å²) >= 11 is 0. The molecule has 0 aliphatic carbocycles. The number of aryl methyl sites for hydroxylation is 2. The van der Waals surface area contributed by atoms with Crippen molar-refractivity contribution < 1.29 is 0 Å². The molecule has 1 atom stereocenters. The number of hydrogen-bond donors (Lipinski definition) is 1. The summed E-state index contributed by atoms with van der Waals surface area (Å²) in [5, 5.41) is 3.64. The molecule has 1 saturated heterocycles. The van der Waals surface area contributed by atoms with Gasteiger partial charge >= 0.3 is 0 Å². The van der Waals surface area contributed by atoms with E-state index < -0.39 is 0 Å². The highest BCUT2D eigenvalue weighted by atomic mass is 14.9. The lowest BCUT2D eigenvalue weighted by Gasteiger charge is -2.17. The molecule has 0 bridgehead atoms. The highest BCUT2D eigenvalue weighted by molar-refractivity contribution is 5.31. The van der Waals surface area contributed by atoms with E-state index in [9.17, 15) is 0 Å². The van der Waals surface area contributed by atoms with Crippen molar-refractivity contribution in [1.82, 2.24) is 5.32 Å². The SMILES string of the molecule is Cc1ccc(C2CCCCCN2)cc1C. The monoisotopic (exact) mass is 203 g/mol. The van der Waals surface area contributed by atoms with Crippen LogP contribution in [-0.4, -0.2) is 6.54 Å². The zero-order valence-electron chi connectivity index (χ0n) is 9.84. The molecule has 0 saturated carbocycles. The number of hydrogen-bond acceptors (Lipinski definition) is 1. The molecule has 1 fully saturated rings. The Morgan fingerprint density at radius 3 is 2.73 bits per heavy atom. The summed E-state index contributed by atoms with van der Waals surface area (Å²) in [6.07, 6.45) is 5.38. The normalized spacial score (nSPS) is 22.4.